The summed E-state index contributed by atoms with van der Waals surface area (Å²) in [5.41, 5.74) is 0. The summed E-state index contributed by atoms with van der Waals surface area (Å²) < 4.78 is 6.13. The lowest BCUT2D eigenvalue weighted by Crippen LogP contribution is -2.41. The molecule has 4 fully saturated rings. The number of Topliss-reactive ketones (excluding diaryl/α,β-unsaturated/α-hetero) is 1. The molecule has 0 aromatic carbocycles. The molecule has 16 heavy (non-hydrogen) atoms. The Morgan fingerprint density at radius 3 is 2.44 bits per heavy atom. The lowest BCUT2D eigenvalue weighted by molar-refractivity contribution is -0.147. The van der Waals surface area contributed by atoms with Crippen LogP contribution < -0.4 is 0 Å². The Bertz CT molecular complexity index is 266. The normalized spacial score (nSPS) is 43.6. The summed E-state index contributed by atoms with van der Waals surface area (Å²) in [6.07, 6.45) is 11.1. The highest BCUT2D eigenvalue weighted by atomic mass is 16.5. The van der Waals surface area contributed by atoms with Crippen molar-refractivity contribution >= 4 is 5.78 Å². The molecule has 4 rings (SSSR count). The van der Waals surface area contributed by atoms with Gasteiger partial charge in [-0.25, -0.2) is 0 Å². The van der Waals surface area contributed by atoms with Crippen molar-refractivity contribution in [3.63, 3.8) is 0 Å². The Labute approximate surface area is 97.7 Å². The summed E-state index contributed by atoms with van der Waals surface area (Å²) >= 11 is 0. The summed E-state index contributed by atoms with van der Waals surface area (Å²) in [5, 5.41) is 0. The first-order valence-electron chi connectivity index (χ1n) is 7.01. The Morgan fingerprint density at radius 1 is 1.00 bits per heavy atom. The average Bonchev–Trinajstić information content (AvgIpc) is 2.34. The van der Waals surface area contributed by atoms with Crippen LogP contribution in [0.4, 0.5) is 0 Å². The van der Waals surface area contributed by atoms with Crippen molar-refractivity contribution < 1.29 is 9.53 Å². The zero-order valence-corrected chi connectivity index (χ0v) is 9.99. The average molecular weight is 222 g/mol. The zero-order chi connectivity index (χ0) is 11.0. The molecular formula is C14H22O2. The van der Waals surface area contributed by atoms with E-state index in [-0.39, 0.29) is 6.10 Å². The number of carbonyl (C=O) groups excluding carboxylic acids is 1. The SMILES string of the molecule is O=C1CCCCC1OC1CC2CCC1CC2. The van der Waals surface area contributed by atoms with Crippen molar-refractivity contribution in [3.8, 4) is 0 Å². The first-order chi connectivity index (χ1) is 7.83. The second-order valence-corrected chi connectivity index (χ2v) is 5.89. The first-order valence-corrected chi connectivity index (χ1v) is 7.01. The summed E-state index contributed by atoms with van der Waals surface area (Å²) in [6, 6.07) is 0. The lowest BCUT2D eigenvalue weighted by Gasteiger charge is -2.43. The molecule has 4 aliphatic carbocycles. The molecule has 2 atom stereocenters. The van der Waals surface area contributed by atoms with Crippen molar-refractivity contribution in [1.29, 1.82) is 0 Å². The van der Waals surface area contributed by atoms with Gasteiger partial charge in [-0.15, -0.1) is 0 Å². The smallest absolute Gasteiger partial charge is 0.161 e. The van der Waals surface area contributed by atoms with Crippen molar-refractivity contribution in [2.45, 2.75) is 70.0 Å². The molecule has 2 bridgehead atoms. The Kier molecular flexibility index (Phi) is 3.01. The number of ketones is 1. The minimum absolute atomic E-state index is 0.0434. The molecule has 4 aliphatic rings. The predicted molar refractivity (Wildman–Crippen MR) is 62.2 cm³/mol. The van der Waals surface area contributed by atoms with Crippen LogP contribution in [0.1, 0.15) is 57.8 Å². The molecule has 0 spiro atoms. The first kappa shape index (κ1) is 10.8. The maximum absolute atomic E-state index is 11.7. The summed E-state index contributed by atoms with van der Waals surface area (Å²) in [7, 11) is 0. The lowest BCUT2D eigenvalue weighted by atomic mass is 9.69. The van der Waals surface area contributed by atoms with Gasteiger partial charge in [-0.2, -0.15) is 0 Å². The van der Waals surface area contributed by atoms with E-state index >= 15 is 0 Å². The molecule has 0 aromatic heterocycles. The fourth-order valence-electron chi connectivity index (χ4n) is 3.79. The highest BCUT2D eigenvalue weighted by Crippen LogP contribution is 2.43. The third-order valence-electron chi connectivity index (χ3n) is 4.82. The van der Waals surface area contributed by atoms with Crippen LogP contribution in [0.25, 0.3) is 0 Å². The number of carbonyl (C=O) groups is 1. The molecule has 0 aromatic rings. The van der Waals surface area contributed by atoms with E-state index in [0.29, 0.717) is 11.9 Å². The Hall–Kier alpha value is -0.370. The van der Waals surface area contributed by atoms with Crippen LogP contribution in [0.5, 0.6) is 0 Å². The molecule has 0 heterocycles. The second kappa shape index (κ2) is 4.48. The van der Waals surface area contributed by atoms with Crippen LogP contribution in [0, 0.1) is 11.8 Å². The van der Waals surface area contributed by atoms with E-state index in [1.54, 1.807) is 0 Å². The van der Waals surface area contributed by atoms with Gasteiger partial charge in [0.25, 0.3) is 0 Å². The van der Waals surface area contributed by atoms with Gasteiger partial charge in [-0.1, -0.05) is 0 Å². The maximum atomic E-state index is 11.7. The maximum Gasteiger partial charge on any atom is 0.161 e. The quantitative estimate of drug-likeness (QED) is 0.717. The number of hydrogen-bond donors (Lipinski definition) is 0. The summed E-state index contributed by atoms with van der Waals surface area (Å²) in [4.78, 5) is 11.7. The fourth-order valence-corrected chi connectivity index (χ4v) is 3.79. The van der Waals surface area contributed by atoms with Crippen molar-refractivity contribution in [2.24, 2.45) is 11.8 Å². The number of fused-ring (bicyclic) bond motifs is 3. The summed E-state index contributed by atoms with van der Waals surface area (Å²) in [6.45, 7) is 0. The van der Waals surface area contributed by atoms with Gasteiger partial charge in [0.1, 0.15) is 6.10 Å². The van der Waals surface area contributed by atoms with Gasteiger partial charge in [-0.3, -0.25) is 4.79 Å². The number of rotatable bonds is 2. The van der Waals surface area contributed by atoms with Crippen LogP contribution in [0.15, 0.2) is 0 Å². The van der Waals surface area contributed by atoms with Gasteiger partial charge in [0.15, 0.2) is 5.78 Å². The van der Waals surface area contributed by atoms with Gasteiger partial charge >= 0.3 is 0 Å². The van der Waals surface area contributed by atoms with Gasteiger partial charge in [0.05, 0.1) is 6.10 Å². The van der Waals surface area contributed by atoms with Crippen LogP contribution in [0.3, 0.4) is 0 Å². The largest absolute Gasteiger partial charge is 0.367 e. The van der Waals surface area contributed by atoms with Gasteiger partial charge < -0.3 is 4.74 Å². The molecule has 2 unspecified atom stereocenters. The Morgan fingerprint density at radius 2 is 1.81 bits per heavy atom. The molecular weight excluding hydrogens is 200 g/mol. The van der Waals surface area contributed by atoms with Gasteiger partial charge in [0.2, 0.25) is 0 Å². The predicted octanol–water partition coefficient (Wildman–Crippen LogP) is 3.09. The van der Waals surface area contributed by atoms with E-state index < -0.39 is 0 Å². The molecule has 90 valence electrons. The Balaban J connectivity index is 1.59. The van der Waals surface area contributed by atoms with Gasteiger partial charge in [0, 0.05) is 6.42 Å². The molecule has 0 saturated heterocycles. The molecule has 2 heteroatoms. The monoisotopic (exact) mass is 222 g/mol. The molecule has 0 amide bonds. The van der Waals surface area contributed by atoms with Gasteiger partial charge in [-0.05, 0) is 63.2 Å². The molecule has 0 N–H and O–H groups in total. The number of ether oxygens (including phenoxy) is 1. The van der Waals surface area contributed by atoms with Crippen LogP contribution in [0.2, 0.25) is 0 Å². The van der Waals surface area contributed by atoms with E-state index in [9.17, 15) is 4.79 Å². The zero-order valence-electron chi connectivity index (χ0n) is 9.99. The minimum atomic E-state index is -0.0434. The minimum Gasteiger partial charge on any atom is -0.367 e. The van der Waals surface area contributed by atoms with Crippen molar-refractivity contribution in [1.82, 2.24) is 0 Å². The molecule has 4 saturated carbocycles. The highest BCUT2D eigenvalue weighted by Gasteiger charge is 2.38. The van der Waals surface area contributed by atoms with Crippen molar-refractivity contribution in [3.05, 3.63) is 0 Å². The highest BCUT2D eigenvalue weighted by molar-refractivity contribution is 5.83. The fraction of sp³-hybridized carbons (Fsp3) is 0.929. The summed E-state index contributed by atoms with van der Waals surface area (Å²) in [5.74, 6) is 2.03. The van der Waals surface area contributed by atoms with E-state index in [2.05, 4.69) is 0 Å². The number of hydrogen-bond acceptors (Lipinski definition) is 2. The van der Waals surface area contributed by atoms with Crippen molar-refractivity contribution in [2.75, 3.05) is 0 Å². The van der Waals surface area contributed by atoms with Crippen LogP contribution >= 0.6 is 0 Å². The second-order valence-electron chi connectivity index (χ2n) is 5.89. The third kappa shape index (κ3) is 2.04. The standard InChI is InChI=1S/C14H22O2/c15-12-3-1-2-4-13(12)16-14-9-10-5-7-11(14)8-6-10/h10-11,13-14H,1-9H2. The van der Waals surface area contributed by atoms with Crippen LogP contribution in [-0.2, 0) is 9.53 Å². The topological polar surface area (TPSA) is 26.3 Å². The third-order valence-corrected chi connectivity index (χ3v) is 4.82. The molecule has 0 aliphatic heterocycles. The molecule has 0 radical (unpaired) electrons. The van der Waals surface area contributed by atoms with E-state index in [0.717, 1.165) is 31.1 Å². The van der Waals surface area contributed by atoms with E-state index in [1.165, 1.54) is 38.5 Å². The van der Waals surface area contributed by atoms with Crippen LogP contribution in [-0.4, -0.2) is 18.0 Å². The van der Waals surface area contributed by atoms with E-state index in [1.807, 2.05) is 0 Å². The molecule has 2 nitrogen and oxygen atoms in total. The van der Waals surface area contributed by atoms with E-state index in [4.69, 9.17) is 4.74 Å².